The van der Waals surface area contributed by atoms with Crippen molar-refractivity contribution in [1.82, 2.24) is 9.55 Å². The Morgan fingerprint density at radius 2 is 2.06 bits per heavy atom. The zero-order valence-corrected chi connectivity index (χ0v) is 11.6. The third-order valence-electron chi connectivity index (χ3n) is 2.70. The Labute approximate surface area is 117 Å². The minimum Gasteiger partial charge on any atom is -0.476 e. The van der Waals surface area contributed by atoms with Crippen molar-refractivity contribution in [3.05, 3.63) is 51.4 Å². The fraction of sp³-hybridized carbons (Fsp3) is 0.167. The predicted octanol–water partition coefficient (Wildman–Crippen LogP) is 2.93. The van der Waals surface area contributed by atoms with Crippen LogP contribution in [0, 0.1) is 9.78 Å². The van der Waals surface area contributed by atoms with Gasteiger partial charge in [0.2, 0.25) is 5.95 Å². The first kappa shape index (κ1) is 13.0. The van der Waals surface area contributed by atoms with Crippen LogP contribution in [-0.4, -0.2) is 20.6 Å². The van der Waals surface area contributed by atoms with Gasteiger partial charge >= 0.3 is 5.97 Å². The van der Waals surface area contributed by atoms with Crippen LogP contribution in [0.4, 0.5) is 4.39 Å². The van der Waals surface area contributed by atoms with Crippen LogP contribution >= 0.6 is 22.6 Å². The van der Waals surface area contributed by atoms with Gasteiger partial charge in [-0.25, -0.2) is 4.79 Å². The van der Waals surface area contributed by atoms with Crippen molar-refractivity contribution in [3.63, 3.8) is 0 Å². The van der Waals surface area contributed by atoms with Gasteiger partial charge in [-0.15, -0.1) is 0 Å². The minimum atomic E-state index is -1.31. The average molecular weight is 360 g/mol. The number of imidazole rings is 1. The zero-order valence-electron chi connectivity index (χ0n) is 9.47. The lowest BCUT2D eigenvalue weighted by Crippen LogP contribution is -2.16. The SMILES string of the molecule is C[C@H](c1ccccc1)n1c(I)nc(F)c1C(=O)O. The fourth-order valence-corrected chi connectivity index (χ4v) is 2.68. The third-order valence-corrected chi connectivity index (χ3v) is 3.46. The summed E-state index contributed by atoms with van der Waals surface area (Å²) >= 11 is 1.83. The van der Waals surface area contributed by atoms with Crippen LogP contribution < -0.4 is 0 Å². The number of halogens is 2. The number of aromatic nitrogens is 2. The molecule has 0 radical (unpaired) electrons. The van der Waals surface area contributed by atoms with E-state index in [1.54, 1.807) is 0 Å². The largest absolute Gasteiger partial charge is 0.476 e. The van der Waals surface area contributed by atoms with Gasteiger partial charge in [0.15, 0.2) is 9.53 Å². The van der Waals surface area contributed by atoms with E-state index in [9.17, 15) is 9.18 Å². The molecule has 0 saturated heterocycles. The standard InChI is InChI=1S/C12H10FIN2O2/c1-7(8-5-3-2-4-6-8)16-9(11(17)18)10(13)15-12(16)14/h2-7H,1H3,(H,17,18)/t7-/m1/s1. The van der Waals surface area contributed by atoms with E-state index in [0.29, 0.717) is 3.83 Å². The maximum absolute atomic E-state index is 13.5. The number of carboxylic acids is 1. The van der Waals surface area contributed by atoms with E-state index >= 15 is 0 Å². The Bertz CT molecular complexity index is 583. The highest BCUT2D eigenvalue weighted by Crippen LogP contribution is 2.24. The lowest BCUT2D eigenvalue weighted by molar-refractivity contribution is 0.0678. The van der Waals surface area contributed by atoms with Gasteiger partial charge in [-0.05, 0) is 12.5 Å². The molecule has 4 nitrogen and oxygen atoms in total. The summed E-state index contributed by atoms with van der Waals surface area (Å²) in [6.07, 6.45) is 0. The molecule has 1 N–H and O–H groups in total. The van der Waals surface area contributed by atoms with Crippen LogP contribution in [0.1, 0.15) is 29.0 Å². The molecule has 0 aliphatic carbocycles. The Hall–Kier alpha value is -1.44. The highest BCUT2D eigenvalue weighted by Gasteiger charge is 2.25. The number of carboxylic acid groups (broad SMARTS) is 1. The molecule has 0 aliphatic rings. The average Bonchev–Trinajstić information content (AvgIpc) is 2.64. The number of hydrogen-bond donors (Lipinski definition) is 1. The number of benzene rings is 1. The smallest absolute Gasteiger partial charge is 0.357 e. The lowest BCUT2D eigenvalue weighted by Gasteiger charge is -2.16. The molecule has 94 valence electrons. The maximum Gasteiger partial charge on any atom is 0.357 e. The van der Waals surface area contributed by atoms with Gasteiger partial charge < -0.3 is 9.67 Å². The highest BCUT2D eigenvalue weighted by atomic mass is 127. The molecule has 0 unspecified atom stereocenters. The molecule has 1 heterocycles. The fourth-order valence-electron chi connectivity index (χ4n) is 1.80. The van der Waals surface area contributed by atoms with E-state index in [-0.39, 0.29) is 6.04 Å². The van der Waals surface area contributed by atoms with Gasteiger partial charge in [0.05, 0.1) is 6.04 Å². The van der Waals surface area contributed by atoms with Crippen LogP contribution in [0.25, 0.3) is 0 Å². The van der Waals surface area contributed by atoms with Gasteiger partial charge in [0.25, 0.3) is 0 Å². The number of nitrogens with zero attached hydrogens (tertiary/aromatic N) is 2. The van der Waals surface area contributed by atoms with Gasteiger partial charge in [0, 0.05) is 22.6 Å². The molecule has 2 aromatic rings. The summed E-state index contributed by atoms with van der Waals surface area (Å²) in [6, 6.07) is 9.02. The summed E-state index contributed by atoms with van der Waals surface area (Å²) in [7, 11) is 0. The van der Waals surface area contributed by atoms with Crippen molar-refractivity contribution in [2.45, 2.75) is 13.0 Å². The van der Waals surface area contributed by atoms with Crippen molar-refractivity contribution in [1.29, 1.82) is 0 Å². The second-order valence-corrected chi connectivity index (χ2v) is 4.75. The Morgan fingerprint density at radius 3 is 2.61 bits per heavy atom. The maximum atomic E-state index is 13.5. The van der Waals surface area contributed by atoms with Gasteiger partial charge in [0.1, 0.15) is 0 Å². The molecule has 1 aromatic heterocycles. The van der Waals surface area contributed by atoms with Gasteiger partial charge in [-0.1, -0.05) is 30.3 Å². The summed E-state index contributed by atoms with van der Waals surface area (Å²) in [4.78, 5) is 14.7. The van der Waals surface area contributed by atoms with Crippen molar-refractivity contribution in [2.75, 3.05) is 0 Å². The molecular formula is C12H10FIN2O2. The topological polar surface area (TPSA) is 55.1 Å². The number of rotatable bonds is 3. The molecule has 1 aromatic carbocycles. The Balaban J connectivity index is 2.55. The van der Waals surface area contributed by atoms with E-state index in [1.807, 2.05) is 59.8 Å². The van der Waals surface area contributed by atoms with Gasteiger partial charge in [-0.3, -0.25) is 0 Å². The van der Waals surface area contributed by atoms with E-state index in [4.69, 9.17) is 5.11 Å². The summed E-state index contributed by atoms with van der Waals surface area (Å²) in [5, 5.41) is 9.05. The van der Waals surface area contributed by atoms with Crippen LogP contribution in [0.15, 0.2) is 30.3 Å². The molecule has 1 atom stereocenters. The molecule has 0 spiro atoms. The second-order valence-electron chi connectivity index (χ2n) is 3.78. The molecule has 0 amide bonds. The second kappa shape index (κ2) is 5.05. The van der Waals surface area contributed by atoms with E-state index in [1.165, 1.54) is 4.57 Å². The van der Waals surface area contributed by atoms with Crippen molar-refractivity contribution in [2.24, 2.45) is 0 Å². The molecule has 18 heavy (non-hydrogen) atoms. The minimum absolute atomic E-state index is 0.291. The number of aromatic carboxylic acids is 1. The molecule has 0 saturated carbocycles. The monoisotopic (exact) mass is 360 g/mol. The van der Waals surface area contributed by atoms with E-state index in [0.717, 1.165) is 5.56 Å². The molecule has 0 bridgehead atoms. The highest BCUT2D eigenvalue weighted by molar-refractivity contribution is 14.1. The first-order valence-corrected chi connectivity index (χ1v) is 6.31. The molecule has 2 rings (SSSR count). The Kier molecular flexibility index (Phi) is 3.65. The summed E-state index contributed by atoms with van der Waals surface area (Å²) in [5.41, 5.74) is 0.492. The summed E-state index contributed by atoms with van der Waals surface area (Å²) in [5.74, 6) is -2.26. The summed E-state index contributed by atoms with van der Waals surface area (Å²) in [6.45, 7) is 1.81. The summed E-state index contributed by atoms with van der Waals surface area (Å²) < 4.78 is 15.2. The lowest BCUT2D eigenvalue weighted by atomic mass is 10.1. The number of hydrogen-bond acceptors (Lipinski definition) is 2. The number of carbonyl (C=O) groups is 1. The first-order valence-electron chi connectivity index (χ1n) is 5.24. The van der Waals surface area contributed by atoms with Gasteiger partial charge in [-0.2, -0.15) is 9.37 Å². The van der Waals surface area contributed by atoms with Crippen LogP contribution in [0.5, 0.6) is 0 Å². The van der Waals surface area contributed by atoms with Crippen LogP contribution in [0.3, 0.4) is 0 Å². The van der Waals surface area contributed by atoms with Crippen molar-refractivity contribution in [3.8, 4) is 0 Å². The first-order chi connectivity index (χ1) is 8.52. The van der Waals surface area contributed by atoms with Crippen molar-refractivity contribution < 1.29 is 14.3 Å². The van der Waals surface area contributed by atoms with Crippen molar-refractivity contribution >= 4 is 28.6 Å². The normalized spacial score (nSPS) is 12.4. The molecule has 0 fully saturated rings. The van der Waals surface area contributed by atoms with Crippen LogP contribution in [0.2, 0.25) is 0 Å². The predicted molar refractivity (Wildman–Crippen MR) is 72.1 cm³/mol. The molecule has 0 aliphatic heterocycles. The third kappa shape index (κ3) is 2.24. The Morgan fingerprint density at radius 1 is 1.44 bits per heavy atom. The van der Waals surface area contributed by atoms with Crippen LogP contribution in [-0.2, 0) is 0 Å². The molecule has 6 heteroatoms. The molecular weight excluding hydrogens is 350 g/mol. The van der Waals surface area contributed by atoms with E-state index < -0.39 is 17.6 Å². The zero-order chi connectivity index (χ0) is 13.3. The quantitative estimate of drug-likeness (QED) is 0.857. The van der Waals surface area contributed by atoms with E-state index in [2.05, 4.69) is 4.98 Å².